The van der Waals surface area contributed by atoms with E-state index < -0.39 is 18.1 Å². The van der Waals surface area contributed by atoms with Crippen LogP contribution in [0.4, 0.5) is 4.79 Å². The number of rotatable bonds is 10. The Hall–Kier alpha value is -4.93. The van der Waals surface area contributed by atoms with Crippen LogP contribution in [-0.2, 0) is 27.2 Å². The lowest BCUT2D eigenvalue weighted by Gasteiger charge is -2.18. The fraction of sp³-hybridized carbons (Fsp3) is 0.276. The summed E-state index contributed by atoms with van der Waals surface area (Å²) in [5.41, 5.74) is 5.24. The van der Waals surface area contributed by atoms with Crippen molar-refractivity contribution in [2.45, 2.75) is 24.9 Å². The zero-order chi connectivity index (χ0) is 28.1. The van der Waals surface area contributed by atoms with Crippen LogP contribution < -0.4 is 14.8 Å². The minimum atomic E-state index is -1.07. The minimum Gasteiger partial charge on any atom is -0.497 e. The van der Waals surface area contributed by atoms with Gasteiger partial charge >= 0.3 is 12.1 Å². The average Bonchev–Trinajstić information content (AvgIpc) is 3.56. The van der Waals surface area contributed by atoms with E-state index in [1.165, 1.54) is 11.8 Å². The highest BCUT2D eigenvalue weighted by molar-refractivity contribution is 5.82. The summed E-state index contributed by atoms with van der Waals surface area (Å²) in [5, 5.41) is 14.5. The number of alkyl carbamates (subject to hydrolysis) is 1. The zero-order valence-corrected chi connectivity index (χ0v) is 22.4. The molecule has 1 N–H and O–H groups in total. The molecule has 1 amide bonds. The molecule has 0 fully saturated rings. The Kier molecular flexibility index (Phi) is 7.90. The van der Waals surface area contributed by atoms with Crippen molar-refractivity contribution in [1.82, 2.24) is 25.5 Å². The van der Waals surface area contributed by atoms with Crippen LogP contribution in [-0.4, -0.2) is 66.2 Å². The number of ether oxygens (including phenoxy) is 4. The van der Waals surface area contributed by atoms with E-state index in [9.17, 15) is 9.59 Å². The Morgan fingerprint density at radius 3 is 2.30 bits per heavy atom. The van der Waals surface area contributed by atoms with Gasteiger partial charge in [0.25, 0.3) is 0 Å². The number of methoxy groups -OCH3 is 3. The van der Waals surface area contributed by atoms with Crippen molar-refractivity contribution in [3.05, 3.63) is 89.2 Å². The van der Waals surface area contributed by atoms with E-state index in [-0.39, 0.29) is 25.5 Å². The number of hydrogen-bond acceptors (Lipinski definition) is 9. The highest BCUT2D eigenvalue weighted by atomic mass is 16.6. The van der Waals surface area contributed by atoms with E-state index in [0.717, 1.165) is 27.8 Å². The summed E-state index contributed by atoms with van der Waals surface area (Å²) in [6, 6.07) is 20.5. The topological polar surface area (TPSA) is 127 Å². The van der Waals surface area contributed by atoms with Crippen LogP contribution >= 0.6 is 0 Å². The molecule has 0 saturated carbocycles. The highest BCUT2D eigenvalue weighted by Gasteiger charge is 2.30. The number of hydrogen-bond donors (Lipinski definition) is 1. The van der Waals surface area contributed by atoms with Crippen molar-refractivity contribution < 1.29 is 28.5 Å². The van der Waals surface area contributed by atoms with Crippen LogP contribution in [0.15, 0.2) is 66.7 Å². The van der Waals surface area contributed by atoms with Crippen LogP contribution in [0.5, 0.6) is 11.5 Å². The number of fused-ring (bicyclic) bond motifs is 3. The standard InChI is InChI=1S/C29H29N5O6/c1-37-19-13-12-18(26(14-19)38-2)16-34-27(31-32-33-34)15-25(28(35)39-3)30-29(36)40-17-24-22-10-6-4-8-20(22)21-9-5-7-11-23(21)24/h4-14,24-25H,15-17H2,1-3H3,(H,30,36)/t25-/m0/s1. The van der Waals surface area contributed by atoms with Gasteiger partial charge in [-0.25, -0.2) is 14.3 Å². The molecule has 11 nitrogen and oxygen atoms in total. The van der Waals surface area contributed by atoms with Gasteiger partial charge in [-0.2, -0.15) is 0 Å². The average molecular weight is 544 g/mol. The van der Waals surface area contributed by atoms with Crippen LogP contribution in [0.3, 0.4) is 0 Å². The molecule has 1 aliphatic rings. The van der Waals surface area contributed by atoms with E-state index in [0.29, 0.717) is 17.3 Å². The molecule has 1 atom stereocenters. The number of carbonyl (C=O) groups is 2. The number of esters is 1. The molecular weight excluding hydrogens is 514 g/mol. The smallest absolute Gasteiger partial charge is 0.407 e. The van der Waals surface area contributed by atoms with Crippen molar-refractivity contribution in [2.24, 2.45) is 0 Å². The number of aromatic nitrogens is 4. The van der Waals surface area contributed by atoms with Crippen molar-refractivity contribution >= 4 is 12.1 Å². The summed E-state index contributed by atoms with van der Waals surface area (Å²) in [4.78, 5) is 25.5. The molecule has 11 heteroatoms. The molecule has 0 unspecified atom stereocenters. The van der Waals surface area contributed by atoms with Gasteiger partial charge in [-0.05, 0) is 44.8 Å². The molecule has 3 aromatic carbocycles. The largest absolute Gasteiger partial charge is 0.497 e. The lowest BCUT2D eigenvalue weighted by atomic mass is 9.98. The Labute approximate surface area is 231 Å². The van der Waals surface area contributed by atoms with E-state index >= 15 is 0 Å². The predicted octanol–water partition coefficient (Wildman–Crippen LogP) is 3.36. The Morgan fingerprint density at radius 1 is 0.950 bits per heavy atom. The molecule has 4 aromatic rings. The fourth-order valence-electron chi connectivity index (χ4n) is 4.94. The van der Waals surface area contributed by atoms with Gasteiger partial charge in [-0.15, -0.1) is 5.10 Å². The van der Waals surface area contributed by atoms with Crippen molar-refractivity contribution in [2.75, 3.05) is 27.9 Å². The van der Waals surface area contributed by atoms with Gasteiger partial charge in [0.15, 0.2) is 5.82 Å². The maximum Gasteiger partial charge on any atom is 0.407 e. The zero-order valence-electron chi connectivity index (χ0n) is 22.4. The van der Waals surface area contributed by atoms with Crippen molar-refractivity contribution in [3.8, 4) is 22.6 Å². The first kappa shape index (κ1) is 26.7. The lowest BCUT2D eigenvalue weighted by molar-refractivity contribution is -0.143. The monoisotopic (exact) mass is 543 g/mol. The summed E-state index contributed by atoms with van der Waals surface area (Å²) < 4.78 is 22.8. The second-order valence-electron chi connectivity index (χ2n) is 9.18. The number of benzene rings is 3. The summed E-state index contributed by atoms with van der Waals surface area (Å²) in [5.74, 6) is 0.858. The van der Waals surface area contributed by atoms with Crippen LogP contribution in [0.1, 0.15) is 28.4 Å². The number of carbonyl (C=O) groups excluding carboxylic acids is 2. The summed E-state index contributed by atoms with van der Waals surface area (Å²) in [7, 11) is 4.38. The molecular formula is C29H29N5O6. The third kappa shape index (κ3) is 5.44. The minimum absolute atomic E-state index is 0.0116. The number of amides is 1. The van der Waals surface area contributed by atoms with Crippen LogP contribution in [0.2, 0.25) is 0 Å². The normalized spacial score (nSPS) is 12.7. The number of nitrogens with zero attached hydrogens (tertiary/aromatic N) is 4. The molecule has 1 aromatic heterocycles. The summed E-state index contributed by atoms with van der Waals surface area (Å²) in [6.07, 6.45) is -0.754. The maximum atomic E-state index is 12.9. The Morgan fingerprint density at radius 2 is 1.65 bits per heavy atom. The van der Waals surface area contributed by atoms with E-state index in [1.54, 1.807) is 26.4 Å². The predicted molar refractivity (Wildman–Crippen MR) is 144 cm³/mol. The van der Waals surface area contributed by atoms with E-state index in [2.05, 4.69) is 33.0 Å². The molecule has 1 aliphatic carbocycles. The molecule has 40 heavy (non-hydrogen) atoms. The molecule has 0 saturated heterocycles. The van der Waals surface area contributed by atoms with Gasteiger partial charge in [0, 0.05) is 24.0 Å². The van der Waals surface area contributed by atoms with Crippen LogP contribution in [0.25, 0.3) is 11.1 Å². The second-order valence-corrected chi connectivity index (χ2v) is 9.18. The molecule has 1 heterocycles. The van der Waals surface area contributed by atoms with E-state index in [1.807, 2.05) is 42.5 Å². The number of nitrogens with one attached hydrogen (secondary N) is 1. The van der Waals surface area contributed by atoms with Crippen LogP contribution in [0, 0.1) is 0 Å². The molecule has 0 spiro atoms. The number of tetrazole rings is 1. The SMILES string of the molecule is COC(=O)[C@H](Cc1nnnn1Cc1ccc(OC)cc1OC)NC(=O)OCC1c2ccccc2-c2ccccc21. The first-order chi connectivity index (χ1) is 19.5. The molecule has 0 bridgehead atoms. The fourth-order valence-corrected chi connectivity index (χ4v) is 4.94. The van der Waals surface area contributed by atoms with Gasteiger partial charge < -0.3 is 24.3 Å². The first-order valence-corrected chi connectivity index (χ1v) is 12.7. The highest BCUT2D eigenvalue weighted by Crippen LogP contribution is 2.44. The third-order valence-corrected chi connectivity index (χ3v) is 6.93. The summed E-state index contributed by atoms with van der Waals surface area (Å²) >= 11 is 0. The van der Waals surface area contributed by atoms with Gasteiger partial charge in [0.1, 0.15) is 24.1 Å². The Balaban J connectivity index is 1.27. The third-order valence-electron chi connectivity index (χ3n) is 6.93. The van der Waals surface area contributed by atoms with Crippen molar-refractivity contribution in [1.29, 1.82) is 0 Å². The maximum absolute atomic E-state index is 12.9. The first-order valence-electron chi connectivity index (χ1n) is 12.7. The molecule has 206 valence electrons. The molecule has 0 aliphatic heterocycles. The van der Waals surface area contributed by atoms with Gasteiger partial charge in [0.2, 0.25) is 0 Å². The van der Waals surface area contributed by atoms with Gasteiger partial charge in [-0.1, -0.05) is 48.5 Å². The van der Waals surface area contributed by atoms with Gasteiger partial charge in [0.05, 0.1) is 27.9 Å². The van der Waals surface area contributed by atoms with Crippen molar-refractivity contribution in [3.63, 3.8) is 0 Å². The Bertz CT molecular complexity index is 1470. The summed E-state index contributed by atoms with van der Waals surface area (Å²) in [6.45, 7) is 0.386. The second kappa shape index (κ2) is 11.9. The molecule has 5 rings (SSSR count). The molecule has 0 radical (unpaired) electrons. The van der Waals surface area contributed by atoms with E-state index in [4.69, 9.17) is 18.9 Å². The lowest BCUT2D eigenvalue weighted by Crippen LogP contribution is -2.44. The quantitative estimate of drug-likeness (QED) is 0.300. The van der Waals surface area contributed by atoms with Gasteiger partial charge in [-0.3, -0.25) is 0 Å².